The Hall–Kier alpha value is -2.35. The number of pyridine rings is 1. The lowest BCUT2D eigenvalue weighted by atomic mass is 10.0. The maximum Gasteiger partial charge on any atom is 0.326 e. The third-order valence-electron chi connectivity index (χ3n) is 3.61. The molecule has 2 N–H and O–H groups in total. The van der Waals surface area contributed by atoms with Crippen LogP contribution in [-0.2, 0) is 19.1 Å². The summed E-state index contributed by atoms with van der Waals surface area (Å²) in [6, 6.07) is 3.24. The van der Waals surface area contributed by atoms with Crippen LogP contribution in [0.1, 0.15) is 27.2 Å². The number of nitrogens with two attached hydrogens (primary N) is 1. The number of aromatic nitrogens is 1. The molecule has 0 spiro atoms. The molecule has 25 heavy (non-hydrogen) atoms. The summed E-state index contributed by atoms with van der Waals surface area (Å²) in [5.41, 5.74) is 5.70. The minimum absolute atomic E-state index is 0.0563. The summed E-state index contributed by atoms with van der Waals surface area (Å²) < 4.78 is 16.1. The Morgan fingerprint density at radius 3 is 2.80 bits per heavy atom. The number of hydrogen-bond donors (Lipinski definition) is 1. The second kappa shape index (κ2) is 8.66. The van der Waals surface area contributed by atoms with E-state index in [1.54, 1.807) is 12.1 Å². The largest absolute Gasteiger partial charge is 0.476 e. The molecule has 1 aliphatic heterocycles. The predicted octanol–water partition coefficient (Wildman–Crippen LogP) is 1.38. The minimum atomic E-state index is -0.682. The fraction of sp³-hybridized carbons (Fsp3) is 0.588. The molecular weight excluding hydrogens is 326 g/mol. The summed E-state index contributed by atoms with van der Waals surface area (Å²) in [4.78, 5) is 30.2. The quantitative estimate of drug-likeness (QED) is 0.557. The molecule has 0 fully saturated rings. The average molecular weight is 351 g/mol. The van der Waals surface area contributed by atoms with Crippen molar-refractivity contribution in [3.05, 3.63) is 12.1 Å². The highest BCUT2D eigenvalue weighted by Crippen LogP contribution is 2.34. The van der Waals surface area contributed by atoms with E-state index < -0.39 is 12.1 Å². The first-order chi connectivity index (χ1) is 11.9. The van der Waals surface area contributed by atoms with Crippen molar-refractivity contribution >= 4 is 23.5 Å². The van der Waals surface area contributed by atoms with Gasteiger partial charge in [0, 0.05) is 6.61 Å². The van der Waals surface area contributed by atoms with E-state index in [0.717, 1.165) is 6.42 Å². The normalized spacial score (nSPS) is 16.6. The first kappa shape index (κ1) is 19.0. The van der Waals surface area contributed by atoms with Crippen LogP contribution in [0.4, 0.5) is 11.6 Å². The molecule has 138 valence electrons. The van der Waals surface area contributed by atoms with Gasteiger partial charge in [-0.1, -0.05) is 20.8 Å². The van der Waals surface area contributed by atoms with Crippen LogP contribution < -0.4 is 15.4 Å². The molecule has 0 aromatic carbocycles. The second-order valence-electron chi connectivity index (χ2n) is 6.10. The Bertz CT molecular complexity index is 620. The molecule has 8 nitrogen and oxygen atoms in total. The van der Waals surface area contributed by atoms with Gasteiger partial charge in [-0.3, -0.25) is 14.5 Å². The highest BCUT2D eigenvalue weighted by molar-refractivity contribution is 6.02. The zero-order valence-electron chi connectivity index (χ0n) is 14.9. The van der Waals surface area contributed by atoms with Gasteiger partial charge in [0.2, 0.25) is 0 Å². The van der Waals surface area contributed by atoms with Crippen LogP contribution in [0.25, 0.3) is 0 Å². The van der Waals surface area contributed by atoms with E-state index >= 15 is 0 Å². The summed E-state index contributed by atoms with van der Waals surface area (Å²) >= 11 is 0. The SMILES string of the molecule is CCCOCCOC(=O)CN1C(=O)C(C(C)C)Oc2ccc(N)nc21. The van der Waals surface area contributed by atoms with Gasteiger partial charge in [-0.05, 0) is 24.5 Å². The van der Waals surface area contributed by atoms with E-state index in [-0.39, 0.29) is 36.6 Å². The van der Waals surface area contributed by atoms with Crippen LogP contribution in [0.15, 0.2) is 12.1 Å². The number of nitrogen functional groups attached to an aromatic ring is 1. The van der Waals surface area contributed by atoms with Crippen LogP contribution in [0.3, 0.4) is 0 Å². The summed E-state index contributed by atoms with van der Waals surface area (Å²) in [6.45, 7) is 6.58. The molecule has 1 amide bonds. The topological polar surface area (TPSA) is 104 Å². The number of fused-ring (bicyclic) bond motifs is 1. The van der Waals surface area contributed by atoms with Crippen molar-refractivity contribution < 1.29 is 23.8 Å². The molecule has 0 bridgehead atoms. The van der Waals surface area contributed by atoms with E-state index in [4.69, 9.17) is 19.9 Å². The molecule has 0 radical (unpaired) electrons. The van der Waals surface area contributed by atoms with E-state index in [1.807, 2.05) is 20.8 Å². The fourth-order valence-corrected chi connectivity index (χ4v) is 2.39. The summed E-state index contributed by atoms with van der Waals surface area (Å²) in [5.74, 6) is -0.0240. The van der Waals surface area contributed by atoms with Crippen LogP contribution in [0.5, 0.6) is 5.75 Å². The monoisotopic (exact) mass is 351 g/mol. The average Bonchev–Trinajstić information content (AvgIpc) is 2.57. The zero-order valence-corrected chi connectivity index (χ0v) is 14.9. The summed E-state index contributed by atoms with van der Waals surface area (Å²) in [6.07, 6.45) is 0.218. The van der Waals surface area contributed by atoms with E-state index in [1.165, 1.54) is 4.90 Å². The van der Waals surface area contributed by atoms with Gasteiger partial charge in [0.15, 0.2) is 17.7 Å². The molecule has 0 saturated heterocycles. The minimum Gasteiger partial charge on any atom is -0.476 e. The molecule has 0 saturated carbocycles. The van der Waals surface area contributed by atoms with E-state index in [2.05, 4.69) is 4.98 Å². The Labute approximate surface area is 147 Å². The lowest BCUT2D eigenvalue weighted by Gasteiger charge is -2.34. The van der Waals surface area contributed by atoms with Crippen molar-refractivity contribution in [2.75, 3.05) is 37.0 Å². The zero-order chi connectivity index (χ0) is 18.4. The third-order valence-corrected chi connectivity index (χ3v) is 3.61. The molecule has 1 atom stereocenters. The lowest BCUT2D eigenvalue weighted by molar-refractivity contribution is -0.145. The molecule has 2 rings (SSSR count). The van der Waals surface area contributed by atoms with E-state index in [0.29, 0.717) is 19.0 Å². The van der Waals surface area contributed by atoms with Crippen molar-refractivity contribution in [1.82, 2.24) is 4.98 Å². The maximum atomic E-state index is 12.7. The van der Waals surface area contributed by atoms with Crippen molar-refractivity contribution in [3.8, 4) is 5.75 Å². The van der Waals surface area contributed by atoms with Gasteiger partial charge in [-0.2, -0.15) is 0 Å². The van der Waals surface area contributed by atoms with Crippen molar-refractivity contribution in [2.45, 2.75) is 33.3 Å². The van der Waals surface area contributed by atoms with Crippen LogP contribution in [0, 0.1) is 5.92 Å². The molecule has 1 aliphatic rings. The molecule has 0 aliphatic carbocycles. The molecule has 1 unspecified atom stereocenters. The van der Waals surface area contributed by atoms with Crippen LogP contribution in [-0.4, -0.2) is 49.3 Å². The maximum absolute atomic E-state index is 12.7. The number of hydrogen-bond acceptors (Lipinski definition) is 7. The van der Waals surface area contributed by atoms with Gasteiger partial charge >= 0.3 is 5.97 Å². The standard InChI is InChI=1S/C17H25N3O5/c1-4-7-23-8-9-24-14(21)10-20-16-12(5-6-13(18)19-16)25-15(11(2)3)17(20)22/h5-6,11,15H,4,7-10H2,1-3H3,(H2,18,19). The second-order valence-corrected chi connectivity index (χ2v) is 6.10. The van der Waals surface area contributed by atoms with Crippen molar-refractivity contribution in [1.29, 1.82) is 0 Å². The van der Waals surface area contributed by atoms with Gasteiger partial charge in [-0.15, -0.1) is 0 Å². The smallest absolute Gasteiger partial charge is 0.326 e. The first-order valence-electron chi connectivity index (χ1n) is 8.42. The number of ether oxygens (including phenoxy) is 3. The molecule has 1 aromatic rings. The fourth-order valence-electron chi connectivity index (χ4n) is 2.39. The van der Waals surface area contributed by atoms with Crippen molar-refractivity contribution in [3.63, 3.8) is 0 Å². The third kappa shape index (κ3) is 4.82. The highest BCUT2D eigenvalue weighted by atomic mass is 16.6. The summed E-state index contributed by atoms with van der Waals surface area (Å²) in [5, 5.41) is 0. The highest BCUT2D eigenvalue weighted by Gasteiger charge is 2.38. The Kier molecular flexibility index (Phi) is 6.58. The summed E-state index contributed by atoms with van der Waals surface area (Å²) in [7, 11) is 0. The predicted molar refractivity (Wildman–Crippen MR) is 92.3 cm³/mol. The number of carbonyl (C=O) groups excluding carboxylic acids is 2. The van der Waals surface area contributed by atoms with Crippen LogP contribution in [0.2, 0.25) is 0 Å². The van der Waals surface area contributed by atoms with Gasteiger partial charge in [0.25, 0.3) is 5.91 Å². The van der Waals surface area contributed by atoms with Crippen LogP contribution >= 0.6 is 0 Å². The Morgan fingerprint density at radius 2 is 2.12 bits per heavy atom. The molecular formula is C17H25N3O5. The number of esters is 1. The van der Waals surface area contributed by atoms with Gasteiger partial charge < -0.3 is 19.9 Å². The number of carbonyl (C=O) groups is 2. The Balaban J connectivity index is 2.08. The molecule has 2 heterocycles. The van der Waals surface area contributed by atoms with Gasteiger partial charge in [-0.25, -0.2) is 4.98 Å². The Morgan fingerprint density at radius 1 is 1.36 bits per heavy atom. The molecule has 1 aromatic heterocycles. The van der Waals surface area contributed by atoms with Crippen molar-refractivity contribution in [2.24, 2.45) is 5.92 Å². The van der Waals surface area contributed by atoms with Gasteiger partial charge in [0.1, 0.15) is 19.0 Å². The molecule has 8 heteroatoms. The first-order valence-corrected chi connectivity index (χ1v) is 8.42. The number of nitrogens with zero attached hydrogens (tertiary/aromatic N) is 2. The number of rotatable bonds is 8. The lowest BCUT2D eigenvalue weighted by Crippen LogP contribution is -2.50. The van der Waals surface area contributed by atoms with Gasteiger partial charge in [0.05, 0.1) is 6.61 Å². The number of anilines is 2. The number of amides is 1. The van der Waals surface area contributed by atoms with E-state index in [9.17, 15) is 9.59 Å².